The van der Waals surface area contributed by atoms with E-state index in [0.717, 1.165) is 19.2 Å². The first kappa shape index (κ1) is 21.9. The summed E-state index contributed by atoms with van der Waals surface area (Å²) in [6.07, 6.45) is -1.44. The zero-order chi connectivity index (χ0) is 22.6. The average molecular weight is 448 g/mol. The quantitative estimate of drug-likeness (QED) is 0.603. The van der Waals surface area contributed by atoms with E-state index in [1.54, 1.807) is 18.4 Å². The Kier molecular flexibility index (Phi) is 6.45. The third kappa shape index (κ3) is 5.28. The first-order chi connectivity index (χ1) is 15.4. The molecule has 11 heteroatoms. The van der Waals surface area contributed by atoms with Crippen LogP contribution in [0.5, 0.6) is 0 Å². The minimum atomic E-state index is -4.48. The number of fused-ring (bicyclic) bond motifs is 1. The fraction of sp³-hybridized carbons (Fsp3) is 0.381. The van der Waals surface area contributed by atoms with E-state index in [1.807, 2.05) is 0 Å². The molecule has 1 aliphatic heterocycles. The van der Waals surface area contributed by atoms with Gasteiger partial charge in [0.05, 0.1) is 18.3 Å². The molecule has 1 saturated heterocycles. The second kappa shape index (κ2) is 9.43. The van der Waals surface area contributed by atoms with Crippen LogP contribution in [0.1, 0.15) is 11.5 Å². The molecule has 0 bridgehead atoms. The number of nitrogens with zero attached hydrogens (tertiary/aromatic N) is 4. The van der Waals surface area contributed by atoms with Gasteiger partial charge in [0.1, 0.15) is 17.3 Å². The van der Waals surface area contributed by atoms with Gasteiger partial charge in [0.2, 0.25) is 0 Å². The zero-order valence-corrected chi connectivity index (χ0v) is 17.2. The molecule has 4 rings (SSSR count). The summed E-state index contributed by atoms with van der Waals surface area (Å²) in [5, 5.41) is 6.14. The number of carbonyl (C=O) groups is 1. The maximum absolute atomic E-state index is 12.9. The number of aromatic nitrogens is 2. The number of rotatable bonds is 6. The topological polar surface area (TPSA) is 86.5 Å². The summed E-state index contributed by atoms with van der Waals surface area (Å²) in [6, 6.07) is 7.21. The van der Waals surface area contributed by atoms with Crippen molar-refractivity contribution in [3.05, 3.63) is 54.2 Å². The lowest BCUT2D eigenvalue weighted by atomic mass is 10.2. The number of amides is 2. The standard InChI is InChI=1S/C21H23F3N6O2/c22-21(23,24)18-4-3-16-17(28-18)5-6-25-19(16)30-11-9-29(10-12-30)8-7-26-20(31)27-14-15-2-1-13-32-15/h1-6,13H,7-12,14H2,(H2,26,27,31). The molecule has 1 aliphatic rings. The summed E-state index contributed by atoms with van der Waals surface area (Å²) in [5.74, 6) is 1.32. The molecule has 0 aliphatic carbocycles. The molecule has 170 valence electrons. The third-order valence-corrected chi connectivity index (χ3v) is 5.27. The van der Waals surface area contributed by atoms with Crippen molar-refractivity contribution in [1.29, 1.82) is 0 Å². The van der Waals surface area contributed by atoms with Crippen molar-refractivity contribution in [1.82, 2.24) is 25.5 Å². The van der Waals surface area contributed by atoms with Crippen LogP contribution >= 0.6 is 0 Å². The first-order valence-corrected chi connectivity index (χ1v) is 10.2. The molecule has 0 saturated carbocycles. The highest BCUT2D eigenvalue weighted by molar-refractivity contribution is 5.89. The summed E-state index contributed by atoms with van der Waals surface area (Å²) >= 11 is 0. The summed E-state index contributed by atoms with van der Waals surface area (Å²) < 4.78 is 44.0. The van der Waals surface area contributed by atoms with Crippen molar-refractivity contribution >= 4 is 22.8 Å². The molecular weight excluding hydrogens is 425 g/mol. The Morgan fingerprint density at radius 3 is 2.62 bits per heavy atom. The molecule has 3 aromatic rings. The number of hydrogen-bond donors (Lipinski definition) is 2. The van der Waals surface area contributed by atoms with Gasteiger partial charge in [0.25, 0.3) is 0 Å². The van der Waals surface area contributed by atoms with Gasteiger partial charge in [-0.25, -0.2) is 14.8 Å². The van der Waals surface area contributed by atoms with E-state index in [0.29, 0.717) is 49.7 Å². The largest absolute Gasteiger partial charge is 0.467 e. The van der Waals surface area contributed by atoms with Crippen LogP contribution in [0.15, 0.2) is 47.2 Å². The Hall–Kier alpha value is -3.34. The van der Waals surface area contributed by atoms with E-state index >= 15 is 0 Å². The fourth-order valence-corrected chi connectivity index (χ4v) is 3.60. The first-order valence-electron chi connectivity index (χ1n) is 10.2. The van der Waals surface area contributed by atoms with Gasteiger partial charge in [-0.1, -0.05) is 0 Å². The van der Waals surface area contributed by atoms with Crippen LogP contribution in [0, 0.1) is 0 Å². The number of piperazine rings is 1. The van der Waals surface area contributed by atoms with Gasteiger partial charge in [-0.2, -0.15) is 13.2 Å². The molecule has 0 unspecified atom stereocenters. The lowest BCUT2D eigenvalue weighted by Crippen LogP contribution is -2.49. The predicted octanol–water partition coefficient (Wildman–Crippen LogP) is 2.86. The molecule has 0 aromatic carbocycles. The molecule has 0 atom stereocenters. The van der Waals surface area contributed by atoms with Crippen molar-refractivity contribution in [2.24, 2.45) is 0 Å². The number of furan rings is 1. The van der Waals surface area contributed by atoms with Gasteiger partial charge < -0.3 is 20.0 Å². The molecule has 0 radical (unpaired) electrons. The minimum absolute atomic E-state index is 0.259. The summed E-state index contributed by atoms with van der Waals surface area (Å²) in [7, 11) is 0. The van der Waals surface area contributed by atoms with Crippen LogP contribution in [0.25, 0.3) is 10.9 Å². The molecule has 8 nitrogen and oxygen atoms in total. The van der Waals surface area contributed by atoms with E-state index in [1.165, 1.54) is 18.3 Å². The highest BCUT2D eigenvalue weighted by Gasteiger charge is 2.32. The number of alkyl halides is 3. The van der Waals surface area contributed by atoms with Crippen molar-refractivity contribution in [3.8, 4) is 0 Å². The number of anilines is 1. The molecule has 3 aromatic heterocycles. The normalized spacial score (nSPS) is 15.2. The predicted molar refractivity (Wildman–Crippen MR) is 112 cm³/mol. The van der Waals surface area contributed by atoms with E-state index in [9.17, 15) is 18.0 Å². The fourth-order valence-electron chi connectivity index (χ4n) is 3.60. The average Bonchev–Trinajstić information content (AvgIpc) is 3.31. The SMILES string of the molecule is O=C(NCCN1CCN(c2nccc3nc(C(F)(F)F)ccc23)CC1)NCc1ccco1. The Morgan fingerprint density at radius 2 is 1.91 bits per heavy atom. The smallest absolute Gasteiger partial charge is 0.433 e. The second-order valence-corrected chi connectivity index (χ2v) is 7.41. The Morgan fingerprint density at radius 1 is 1.09 bits per heavy atom. The molecular formula is C21H23F3N6O2. The molecule has 1 fully saturated rings. The van der Waals surface area contributed by atoms with Crippen molar-refractivity contribution in [3.63, 3.8) is 0 Å². The van der Waals surface area contributed by atoms with Gasteiger partial charge in [0.15, 0.2) is 0 Å². The Balaban J connectivity index is 1.26. The third-order valence-electron chi connectivity index (χ3n) is 5.27. The zero-order valence-electron chi connectivity index (χ0n) is 17.2. The van der Waals surface area contributed by atoms with Crippen LogP contribution < -0.4 is 15.5 Å². The van der Waals surface area contributed by atoms with E-state index in [2.05, 4.69) is 30.4 Å². The van der Waals surface area contributed by atoms with E-state index < -0.39 is 11.9 Å². The van der Waals surface area contributed by atoms with Crippen LogP contribution in [-0.4, -0.2) is 60.2 Å². The molecule has 4 heterocycles. The maximum Gasteiger partial charge on any atom is 0.433 e. The molecule has 2 amide bonds. The van der Waals surface area contributed by atoms with Crippen LogP contribution in [0.4, 0.5) is 23.8 Å². The lowest BCUT2D eigenvalue weighted by molar-refractivity contribution is -0.140. The molecule has 32 heavy (non-hydrogen) atoms. The minimum Gasteiger partial charge on any atom is -0.467 e. The van der Waals surface area contributed by atoms with Crippen LogP contribution in [-0.2, 0) is 12.7 Å². The lowest BCUT2D eigenvalue weighted by Gasteiger charge is -2.35. The van der Waals surface area contributed by atoms with Gasteiger partial charge >= 0.3 is 12.2 Å². The molecule has 2 N–H and O–H groups in total. The van der Waals surface area contributed by atoms with E-state index in [4.69, 9.17) is 4.42 Å². The number of nitrogens with one attached hydrogen (secondary N) is 2. The molecule has 0 spiro atoms. The van der Waals surface area contributed by atoms with Crippen molar-refractivity contribution in [2.75, 3.05) is 44.2 Å². The monoisotopic (exact) mass is 448 g/mol. The van der Waals surface area contributed by atoms with Gasteiger partial charge in [0, 0.05) is 50.9 Å². The number of carbonyl (C=O) groups excluding carboxylic acids is 1. The van der Waals surface area contributed by atoms with Crippen LogP contribution in [0.2, 0.25) is 0 Å². The maximum atomic E-state index is 12.9. The van der Waals surface area contributed by atoms with Crippen molar-refractivity contribution in [2.45, 2.75) is 12.7 Å². The number of pyridine rings is 2. The van der Waals surface area contributed by atoms with Gasteiger partial charge in [-0.05, 0) is 30.3 Å². The summed E-state index contributed by atoms with van der Waals surface area (Å²) in [4.78, 5) is 24.3. The number of halogens is 3. The number of urea groups is 1. The highest BCUT2D eigenvalue weighted by atomic mass is 19.4. The van der Waals surface area contributed by atoms with Gasteiger partial charge in [-0.15, -0.1) is 0 Å². The van der Waals surface area contributed by atoms with E-state index in [-0.39, 0.29) is 11.5 Å². The van der Waals surface area contributed by atoms with Crippen LogP contribution in [0.3, 0.4) is 0 Å². The van der Waals surface area contributed by atoms with Gasteiger partial charge in [-0.3, -0.25) is 4.90 Å². The summed E-state index contributed by atoms with van der Waals surface area (Å²) in [6.45, 7) is 4.39. The Bertz CT molecular complexity index is 1050. The number of hydrogen-bond acceptors (Lipinski definition) is 6. The van der Waals surface area contributed by atoms with Crippen molar-refractivity contribution < 1.29 is 22.4 Å². The second-order valence-electron chi connectivity index (χ2n) is 7.41. The Labute approximate surface area is 182 Å². The summed E-state index contributed by atoms with van der Waals surface area (Å²) in [5.41, 5.74) is -0.635. The highest BCUT2D eigenvalue weighted by Crippen LogP contribution is 2.31.